The Bertz CT molecular complexity index is 789. The van der Waals surface area contributed by atoms with Crippen LogP contribution in [0.3, 0.4) is 0 Å². The molecule has 2 amide bonds. The SMILES string of the molecule is Cc1ccc(S(=O)(=O)NC(=O)NCCc2ccccc2F)cc1. The van der Waals surface area contributed by atoms with E-state index in [1.165, 1.54) is 18.2 Å². The minimum atomic E-state index is -3.92. The lowest BCUT2D eigenvalue weighted by Crippen LogP contribution is -2.40. The van der Waals surface area contributed by atoms with Crippen molar-refractivity contribution in [3.05, 3.63) is 65.5 Å². The van der Waals surface area contributed by atoms with Gasteiger partial charge in [0.1, 0.15) is 5.82 Å². The Morgan fingerprint density at radius 1 is 1.09 bits per heavy atom. The zero-order chi connectivity index (χ0) is 16.9. The summed E-state index contributed by atoms with van der Waals surface area (Å²) in [5.74, 6) is -0.359. The molecule has 0 aliphatic carbocycles. The lowest BCUT2D eigenvalue weighted by atomic mass is 10.1. The number of carbonyl (C=O) groups excluding carboxylic acids is 1. The molecule has 2 N–H and O–H groups in total. The second-order valence-electron chi connectivity index (χ2n) is 5.02. The van der Waals surface area contributed by atoms with Gasteiger partial charge in [-0.1, -0.05) is 35.9 Å². The zero-order valence-electron chi connectivity index (χ0n) is 12.5. The van der Waals surface area contributed by atoms with Gasteiger partial charge in [0.05, 0.1) is 4.90 Å². The number of hydrogen-bond acceptors (Lipinski definition) is 3. The highest BCUT2D eigenvalue weighted by Crippen LogP contribution is 2.09. The van der Waals surface area contributed by atoms with Gasteiger partial charge < -0.3 is 5.32 Å². The number of halogens is 1. The number of benzene rings is 2. The largest absolute Gasteiger partial charge is 0.337 e. The van der Waals surface area contributed by atoms with Crippen molar-refractivity contribution in [1.29, 1.82) is 0 Å². The van der Waals surface area contributed by atoms with Crippen LogP contribution in [0.15, 0.2) is 53.4 Å². The van der Waals surface area contributed by atoms with Gasteiger partial charge in [0, 0.05) is 6.54 Å². The predicted molar refractivity (Wildman–Crippen MR) is 85.0 cm³/mol. The molecule has 7 heteroatoms. The zero-order valence-corrected chi connectivity index (χ0v) is 13.4. The third-order valence-corrected chi connectivity index (χ3v) is 4.54. The Kier molecular flexibility index (Phi) is 5.33. The molecule has 0 unspecified atom stereocenters. The number of carbonyl (C=O) groups is 1. The van der Waals surface area contributed by atoms with Crippen LogP contribution in [0.5, 0.6) is 0 Å². The second-order valence-corrected chi connectivity index (χ2v) is 6.70. The molecule has 0 fully saturated rings. The first-order valence-corrected chi connectivity index (χ1v) is 8.47. The van der Waals surface area contributed by atoms with Gasteiger partial charge >= 0.3 is 6.03 Å². The molecular formula is C16H17FN2O3S. The highest BCUT2D eigenvalue weighted by molar-refractivity contribution is 7.90. The summed E-state index contributed by atoms with van der Waals surface area (Å²) in [7, 11) is -3.92. The number of hydrogen-bond donors (Lipinski definition) is 2. The summed E-state index contributed by atoms with van der Waals surface area (Å²) in [4.78, 5) is 11.7. The van der Waals surface area contributed by atoms with Gasteiger partial charge in [-0.05, 0) is 37.1 Å². The lowest BCUT2D eigenvalue weighted by molar-refractivity contribution is 0.246. The van der Waals surface area contributed by atoms with Crippen LogP contribution in [0.4, 0.5) is 9.18 Å². The van der Waals surface area contributed by atoms with Crippen molar-refractivity contribution in [3.63, 3.8) is 0 Å². The van der Waals surface area contributed by atoms with E-state index in [2.05, 4.69) is 5.32 Å². The number of amides is 2. The molecule has 0 bridgehead atoms. The number of urea groups is 1. The fraction of sp³-hybridized carbons (Fsp3) is 0.188. The predicted octanol–water partition coefficient (Wildman–Crippen LogP) is 2.36. The van der Waals surface area contributed by atoms with E-state index in [9.17, 15) is 17.6 Å². The first kappa shape index (κ1) is 17.0. The summed E-state index contributed by atoms with van der Waals surface area (Å²) in [6.45, 7) is 1.95. The van der Waals surface area contributed by atoms with Crippen molar-refractivity contribution < 1.29 is 17.6 Å². The van der Waals surface area contributed by atoms with Gasteiger partial charge in [-0.25, -0.2) is 22.3 Å². The maximum atomic E-state index is 13.4. The van der Waals surface area contributed by atoms with Crippen molar-refractivity contribution in [2.75, 3.05) is 6.54 Å². The Hall–Kier alpha value is -2.41. The molecule has 0 heterocycles. The van der Waals surface area contributed by atoms with Crippen LogP contribution < -0.4 is 10.0 Å². The van der Waals surface area contributed by atoms with Crippen LogP contribution in [-0.2, 0) is 16.4 Å². The molecule has 0 aromatic heterocycles. The molecule has 122 valence electrons. The molecule has 2 rings (SSSR count). The standard InChI is InChI=1S/C16H17FN2O3S/c1-12-6-8-14(9-7-12)23(21,22)19-16(20)18-11-10-13-4-2-3-5-15(13)17/h2-9H,10-11H2,1H3,(H2,18,19,20). The fourth-order valence-electron chi connectivity index (χ4n) is 1.95. The summed E-state index contributed by atoms with van der Waals surface area (Å²) >= 11 is 0. The van der Waals surface area contributed by atoms with Crippen LogP contribution >= 0.6 is 0 Å². The summed E-state index contributed by atoms with van der Waals surface area (Å²) in [5, 5.41) is 2.40. The monoisotopic (exact) mass is 336 g/mol. The van der Waals surface area contributed by atoms with Gasteiger partial charge in [-0.3, -0.25) is 0 Å². The van der Waals surface area contributed by atoms with Crippen LogP contribution in [0, 0.1) is 12.7 Å². The van der Waals surface area contributed by atoms with Crippen LogP contribution in [0.1, 0.15) is 11.1 Å². The van der Waals surface area contributed by atoms with Crippen LogP contribution in [0.25, 0.3) is 0 Å². The number of nitrogens with one attached hydrogen (secondary N) is 2. The van der Waals surface area contributed by atoms with Gasteiger partial charge in [0.25, 0.3) is 10.0 Å². The van der Waals surface area contributed by atoms with E-state index in [1.807, 2.05) is 11.6 Å². The molecular weight excluding hydrogens is 319 g/mol. The molecule has 0 saturated carbocycles. The number of aryl methyl sites for hydroxylation is 1. The summed E-state index contributed by atoms with van der Waals surface area (Å²) in [6, 6.07) is 11.5. The quantitative estimate of drug-likeness (QED) is 0.880. The molecule has 2 aromatic rings. The molecule has 2 aromatic carbocycles. The second kappa shape index (κ2) is 7.23. The first-order chi connectivity index (χ1) is 10.9. The van der Waals surface area contributed by atoms with E-state index in [4.69, 9.17) is 0 Å². The molecule has 0 radical (unpaired) electrons. The third kappa shape index (κ3) is 4.79. The number of rotatable bonds is 5. The third-order valence-electron chi connectivity index (χ3n) is 3.20. The smallest absolute Gasteiger partial charge is 0.328 e. The first-order valence-electron chi connectivity index (χ1n) is 6.99. The summed E-state index contributed by atoms with van der Waals surface area (Å²) in [6.07, 6.45) is 0.269. The maximum Gasteiger partial charge on any atom is 0.328 e. The topological polar surface area (TPSA) is 75.3 Å². The van der Waals surface area contributed by atoms with E-state index >= 15 is 0 Å². The highest BCUT2D eigenvalue weighted by atomic mass is 32.2. The Morgan fingerprint density at radius 2 is 1.74 bits per heavy atom. The molecule has 23 heavy (non-hydrogen) atoms. The fourth-order valence-corrected chi connectivity index (χ4v) is 2.87. The molecule has 0 saturated heterocycles. The van der Waals surface area contributed by atoms with E-state index in [0.29, 0.717) is 5.56 Å². The average molecular weight is 336 g/mol. The van der Waals surface area contributed by atoms with Crippen molar-refractivity contribution in [2.24, 2.45) is 0 Å². The van der Waals surface area contributed by atoms with Gasteiger partial charge in [0.2, 0.25) is 0 Å². The van der Waals surface area contributed by atoms with Gasteiger partial charge in [-0.2, -0.15) is 0 Å². The number of sulfonamides is 1. The molecule has 0 atom stereocenters. The van der Waals surface area contributed by atoms with Crippen LogP contribution in [0.2, 0.25) is 0 Å². The summed E-state index contributed by atoms with van der Waals surface area (Å²) in [5.41, 5.74) is 1.37. The highest BCUT2D eigenvalue weighted by Gasteiger charge is 2.16. The van der Waals surface area contributed by atoms with Gasteiger partial charge in [0.15, 0.2) is 0 Å². The van der Waals surface area contributed by atoms with E-state index < -0.39 is 16.1 Å². The normalized spacial score (nSPS) is 11.0. The van der Waals surface area contributed by atoms with E-state index in [-0.39, 0.29) is 23.7 Å². The van der Waals surface area contributed by atoms with Crippen molar-refractivity contribution in [1.82, 2.24) is 10.0 Å². The lowest BCUT2D eigenvalue weighted by Gasteiger charge is -2.09. The molecule has 0 spiro atoms. The average Bonchev–Trinajstić information content (AvgIpc) is 2.49. The maximum absolute atomic E-state index is 13.4. The molecule has 5 nitrogen and oxygen atoms in total. The van der Waals surface area contributed by atoms with Crippen LogP contribution in [-0.4, -0.2) is 21.0 Å². The van der Waals surface area contributed by atoms with Gasteiger partial charge in [-0.15, -0.1) is 0 Å². The Morgan fingerprint density at radius 3 is 2.39 bits per heavy atom. The van der Waals surface area contributed by atoms with E-state index in [0.717, 1.165) is 5.56 Å². The van der Waals surface area contributed by atoms with E-state index in [1.54, 1.807) is 30.3 Å². The molecule has 0 aliphatic rings. The van der Waals surface area contributed by atoms with Crippen molar-refractivity contribution in [2.45, 2.75) is 18.2 Å². The molecule has 0 aliphatic heterocycles. The Balaban J connectivity index is 1.89. The minimum absolute atomic E-state index is 0.00681. The summed E-state index contributed by atoms with van der Waals surface area (Å²) < 4.78 is 39.4. The minimum Gasteiger partial charge on any atom is -0.337 e. The van der Waals surface area contributed by atoms with Crippen molar-refractivity contribution >= 4 is 16.1 Å². The Labute approximate surface area is 134 Å². The van der Waals surface area contributed by atoms with Crippen molar-refractivity contribution in [3.8, 4) is 0 Å².